The van der Waals surface area contributed by atoms with E-state index in [4.69, 9.17) is 16.3 Å². The molecule has 1 aliphatic heterocycles. The summed E-state index contributed by atoms with van der Waals surface area (Å²) in [5.74, 6) is 1.38. The van der Waals surface area contributed by atoms with Crippen molar-refractivity contribution in [2.24, 2.45) is 0 Å². The van der Waals surface area contributed by atoms with Crippen molar-refractivity contribution in [3.63, 3.8) is 0 Å². The SMILES string of the molecule is COc1cc(C2CCNCC2)cc(N(C)C)c1Cl. The molecule has 1 N–H and O–H groups in total. The second-order valence-corrected chi connectivity index (χ2v) is 5.35. The van der Waals surface area contributed by atoms with Crippen LogP contribution in [0.5, 0.6) is 5.75 Å². The van der Waals surface area contributed by atoms with Crippen molar-refractivity contribution < 1.29 is 4.74 Å². The number of ether oxygens (including phenoxy) is 1. The van der Waals surface area contributed by atoms with Crippen molar-refractivity contribution in [3.8, 4) is 5.75 Å². The van der Waals surface area contributed by atoms with Crippen LogP contribution < -0.4 is 15.0 Å². The van der Waals surface area contributed by atoms with Gasteiger partial charge < -0.3 is 15.0 Å². The normalized spacial score (nSPS) is 16.7. The quantitative estimate of drug-likeness (QED) is 0.912. The Bertz CT molecular complexity index is 415. The van der Waals surface area contributed by atoms with Gasteiger partial charge in [0, 0.05) is 14.1 Å². The molecular formula is C14H21ClN2O. The van der Waals surface area contributed by atoms with E-state index in [1.807, 2.05) is 19.0 Å². The van der Waals surface area contributed by atoms with Crippen LogP contribution in [0.15, 0.2) is 12.1 Å². The van der Waals surface area contributed by atoms with Crippen molar-refractivity contribution in [2.45, 2.75) is 18.8 Å². The van der Waals surface area contributed by atoms with E-state index >= 15 is 0 Å². The summed E-state index contributed by atoms with van der Waals surface area (Å²) in [5.41, 5.74) is 2.37. The van der Waals surface area contributed by atoms with Crippen LogP contribution in [0.25, 0.3) is 0 Å². The summed E-state index contributed by atoms with van der Waals surface area (Å²) in [6.07, 6.45) is 2.36. The number of nitrogens with one attached hydrogen (secondary N) is 1. The highest BCUT2D eigenvalue weighted by atomic mass is 35.5. The van der Waals surface area contributed by atoms with Crippen LogP contribution in [0.4, 0.5) is 5.69 Å². The first kappa shape index (κ1) is 13.5. The number of anilines is 1. The molecule has 2 rings (SSSR count). The number of hydrogen-bond donors (Lipinski definition) is 1. The van der Waals surface area contributed by atoms with Crippen LogP contribution in [-0.2, 0) is 0 Å². The first-order valence-electron chi connectivity index (χ1n) is 6.39. The molecule has 0 spiro atoms. The molecule has 1 saturated heterocycles. The number of nitrogens with zero attached hydrogens (tertiary/aromatic N) is 1. The molecule has 100 valence electrons. The predicted octanol–water partition coefficient (Wildman–Crippen LogP) is 2.88. The maximum Gasteiger partial charge on any atom is 0.139 e. The fraction of sp³-hybridized carbons (Fsp3) is 0.571. The number of methoxy groups -OCH3 is 1. The Labute approximate surface area is 114 Å². The molecular weight excluding hydrogens is 248 g/mol. The zero-order valence-corrected chi connectivity index (χ0v) is 12.0. The lowest BCUT2D eigenvalue weighted by atomic mass is 9.90. The highest BCUT2D eigenvalue weighted by molar-refractivity contribution is 6.34. The van der Waals surface area contributed by atoms with E-state index in [9.17, 15) is 0 Å². The molecule has 1 fully saturated rings. The molecule has 1 aromatic carbocycles. The zero-order chi connectivity index (χ0) is 13.1. The lowest BCUT2D eigenvalue weighted by Gasteiger charge is -2.25. The number of benzene rings is 1. The minimum Gasteiger partial charge on any atom is -0.495 e. The summed E-state index contributed by atoms with van der Waals surface area (Å²) >= 11 is 6.34. The fourth-order valence-corrected chi connectivity index (χ4v) is 2.82. The maximum absolute atomic E-state index is 6.34. The molecule has 3 nitrogen and oxygen atoms in total. The molecule has 0 bridgehead atoms. The van der Waals surface area contributed by atoms with Gasteiger partial charge >= 0.3 is 0 Å². The van der Waals surface area contributed by atoms with Crippen LogP contribution in [-0.4, -0.2) is 34.3 Å². The summed E-state index contributed by atoms with van der Waals surface area (Å²) < 4.78 is 5.39. The molecule has 1 heterocycles. The molecule has 0 atom stereocenters. The van der Waals surface area contributed by atoms with Gasteiger partial charge in [0.05, 0.1) is 12.8 Å². The molecule has 1 aliphatic rings. The Hall–Kier alpha value is -0.930. The maximum atomic E-state index is 6.34. The van der Waals surface area contributed by atoms with Gasteiger partial charge in [0.15, 0.2) is 0 Å². The molecule has 0 amide bonds. The van der Waals surface area contributed by atoms with Crippen LogP contribution in [0.3, 0.4) is 0 Å². The Morgan fingerprint density at radius 3 is 2.50 bits per heavy atom. The van der Waals surface area contributed by atoms with Crippen LogP contribution in [0.2, 0.25) is 5.02 Å². The first-order chi connectivity index (χ1) is 8.63. The summed E-state index contributed by atoms with van der Waals surface area (Å²) in [7, 11) is 5.69. The number of hydrogen-bond acceptors (Lipinski definition) is 3. The fourth-order valence-electron chi connectivity index (χ4n) is 2.47. The van der Waals surface area contributed by atoms with Gasteiger partial charge in [-0.15, -0.1) is 0 Å². The number of piperidine rings is 1. The van der Waals surface area contributed by atoms with Gasteiger partial charge in [-0.2, -0.15) is 0 Å². The van der Waals surface area contributed by atoms with Gasteiger partial charge in [-0.05, 0) is 49.5 Å². The smallest absolute Gasteiger partial charge is 0.139 e. The zero-order valence-electron chi connectivity index (χ0n) is 11.3. The van der Waals surface area contributed by atoms with E-state index in [2.05, 4.69) is 17.4 Å². The number of halogens is 1. The Balaban J connectivity index is 2.37. The summed E-state index contributed by atoms with van der Waals surface area (Å²) in [6.45, 7) is 2.18. The van der Waals surface area contributed by atoms with E-state index in [0.717, 1.165) is 24.5 Å². The molecule has 0 aliphatic carbocycles. The molecule has 18 heavy (non-hydrogen) atoms. The highest BCUT2D eigenvalue weighted by Gasteiger charge is 2.19. The topological polar surface area (TPSA) is 24.5 Å². The lowest BCUT2D eigenvalue weighted by molar-refractivity contribution is 0.411. The van der Waals surface area contributed by atoms with Crippen LogP contribution in [0.1, 0.15) is 24.3 Å². The van der Waals surface area contributed by atoms with E-state index in [1.165, 1.54) is 18.4 Å². The van der Waals surface area contributed by atoms with Gasteiger partial charge in [-0.1, -0.05) is 11.6 Å². The van der Waals surface area contributed by atoms with Crippen molar-refractivity contribution in [1.82, 2.24) is 5.32 Å². The largest absolute Gasteiger partial charge is 0.495 e. The Morgan fingerprint density at radius 2 is 1.94 bits per heavy atom. The van der Waals surface area contributed by atoms with E-state index in [1.54, 1.807) is 7.11 Å². The third-order valence-corrected chi connectivity index (χ3v) is 3.93. The summed E-state index contributed by atoms with van der Waals surface area (Å²) in [5, 5.41) is 4.09. The third-order valence-electron chi connectivity index (χ3n) is 3.55. The van der Waals surface area contributed by atoms with Crippen molar-refractivity contribution >= 4 is 17.3 Å². The predicted molar refractivity (Wildman–Crippen MR) is 77.2 cm³/mol. The van der Waals surface area contributed by atoms with Crippen molar-refractivity contribution in [2.75, 3.05) is 39.2 Å². The van der Waals surface area contributed by atoms with E-state index < -0.39 is 0 Å². The highest BCUT2D eigenvalue weighted by Crippen LogP contribution is 2.39. The summed E-state index contributed by atoms with van der Waals surface area (Å²) in [6, 6.07) is 4.28. The average molecular weight is 269 g/mol. The van der Waals surface area contributed by atoms with Crippen LogP contribution >= 0.6 is 11.6 Å². The van der Waals surface area contributed by atoms with Crippen molar-refractivity contribution in [1.29, 1.82) is 0 Å². The number of rotatable bonds is 3. The van der Waals surface area contributed by atoms with Gasteiger partial charge in [0.2, 0.25) is 0 Å². The standard InChI is InChI=1S/C14H21ClN2O/c1-17(2)12-8-11(9-13(18-3)14(12)15)10-4-6-16-7-5-10/h8-10,16H,4-7H2,1-3H3. The third kappa shape index (κ3) is 2.73. The van der Waals surface area contributed by atoms with E-state index in [0.29, 0.717) is 10.9 Å². The van der Waals surface area contributed by atoms with Gasteiger partial charge in [-0.3, -0.25) is 0 Å². The molecule has 4 heteroatoms. The average Bonchev–Trinajstić information content (AvgIpc) is 2.39. The van der Waals surface area contributed by atoms with E-state index in [-0.39, 0.29) is 0 Å². The van der Waals surface area contributed by atoms with Gasteiger partial charge in [-0.25, -0.2) is 0 Å². The molecule has 0 aromatic heterocycles. The van der Waals surface area contributed by atoms with Crippen LogP contribution in [0, 0.1) is 0 Å². The second-order valence-electron chi connectivity index (χ2n) is 4.97. The minimum atomic E-state index is 0.608. The molecule has 0 unspecified atom stereocenters. The monoisotopic (exact) mass is 268 g/mol. The summed E-state index contributed by atoms with van der Waals surface area (Å²) in [4.78, 5) is 2.04. The second kappa shape index (κ2) is 5.81. The Kier molecular flexibility index (Phi) is 4.36. The minimum absolute atomic E-state index is 0.608. The van der Waals surface area contributed by atoms with Gasteiger partial charge in [0.25, 0.3) is 0 Å². The molecule has 0 radical (unpaired) electrons. The van der Waals surface area contributed by atoms with Crippen molar-refractivity contribution in [3.05, 3.63) is 22.7 Å². The van der Waals surface area contributed by atoms with Gasteiger partial charge in [0.1, 0.15) is 10.8 Å². The lowest BCUT2D eigenvalue weighted by Crippen LogP contribution is -2.26. The Morgan fingerprint density at radius 1 is 1.28 bits per heavy atom. The molecule has 0 saturated carbocycles. The first-order valence-corrected chi connectivity index (χ1v) is 6.76. The molecule has 1 aromatic rings.